The lowest BCUT2D eigenvalue weighted by Crippen LogP contribution is -2.46. The molecule has 5 atom stereocenters. The lowest BCUT2D eigenvalue weighted by Gasteiger charge is -2.31. The Morgan fingerprint density at radius 3 is 2.55 bits per heavy atom. The Hall–Kier alpha value is -3.73. The molecule has 3 aromatic rings. The van der Waals surface area contributed by atoms with Gasteiger partial charge in [-0.05, 0) is 36.6 Å². The van der Waals surface area contributed by atoms with E-state index >= 15 is 0 Å². The van der Waals surface area contributed by atoms with Gasteiger partial charge in [-0.25, -0.2) is 9.55 Å². The summed E-state index contributed by atoms with van der Waals surface area (Å²) in [5.74, 6) is 1.32. The Morgan fingerprint density at radius 1 is 1.21 bits per heavy atom. The van der Waals surface area contributed by atoms with Gasteiger partial charge in [-0.3, -0.25) is 18.7 Å². The van der Waals surface area contributed by atoms with Crippen molar-refractivity contribution in [1.29, 1.82) is 0 Å². The topological polar surface area (TPSA) is 179 Å². The monoisotopic (exact) mass is 690 g/mol. The summed E-state index contributed by atoms with van der Waals surface area (Å²) in [6.45, 7) is 8.48. The second-order valence-corrected chi connectivity index (χ2v) is 13.5. The number of esters is 2. The number of para-hydroxylation sites is 1. The van der Waals surface area contributed by atoms with E-state index in [1.54, 1.807) is 44.2 Å². The molecule has 1 unspecified atom stereocenters. The second kappa shape index (κ2) is 15.4. The summed E-state index contributed by atoms with van der Waals surface area (Å²) in [7, 11) is -4.37. The van der Waals surface area contributed by atoms with Crippen molar-refractivity contribution in [3.63, 3.8) is 0 Å². The first-order valence-corrected chi connectivity index (χ1v) is 17.2. The summed E-state index contributed by atoms with van der Waals surface area (Å²) >= 11 is 6.06. The summed E-state index contributed by atoms with van der Waals surface area (Å²) in [6.07, 6.45) is 7.21. The highest BCUT2D eigenvalue weighted by Gasteiger charge is 2.53. The number of nitrogen functional groups attached to an aromatic ring is 1. The number of aromatic nitrogens is 4. The highest BCUT2D eigenvalue weighted by atomic mass is 35.5. The van der Waals surface area contributed by atoms with E-state index < -0.39 is 56.2 Å². The molecule has 1 fully saturated rings. The van der Waals surface area contributed by atoms with Gasteiger partial charge in [0.25, 0.3) is 0 Å². The van der Waals surface area contributed by atoms with Crippen LogP contribution in [0.4, 0.5) is 5.82 Å². The molecule has 14 nitrogen and oxygen atoms in total. The summed E-state index contributed by atoms with van der Waals surface area (Å²) in [5.41, 5.74) is 4.75. The van der Waals surface area contributed by atoms with E-state index in [0.717, 1.165) is 12.8 Å². The first-order chi connectivity index (χ1) is 22.3. The number of imidazole rings is 1. The molecule has 2 aromatic heterocycles. The first kappa shape index (κ1) is 36.1. The molecule has 1 aliphatic heterocycles. The van der Waals surface area contributed by atoms with E-state index in [-0.39, 0.29) is 47.0 Å². The highest BCUT2D eigenvalue weighted by molar-refractivity contribution is 7.52. The van der Waals surface area contributed by atoms with Crippen molar-refractivity contribution in [2.24, 2.45) is 11.8 Å². The van der Waals surface area contributed by atoms with Crippen molar-refractivity contribution in [1.82, 2.24) is 24.6 Å². The molecule has 1 aliphatic rings. The van der Waals surface area contributed by atoms with Gasteiger partial charge < -0.3 is 24.5 Å². The fraction of sp³-hybridized carbons (Fsp3) is 0.516. The second-order valence-electron chi connectivity index (χ2n) is 11.5. The number of fused-ring (bicyclic) bond motifs is 1. The number of rotatable bonds is 15. The van der Waals surface area contributed by atoms with Crippen LogP contribution in [-0.4, -0.2) is 62.4 Å². The zero-order valence-electron chi connectivity index (χ0n) is 26.9. The Kier molecular flexibility index (Phi) is 11.9. The largest absolute Gasteiger partial charge is 0.464 e. The molecule has 0 aliphatic carbocycles. The predicted octanol–water partition coefficient (Wildman–Crippen LogP) is 5.08. The number of nitrogens with zero attached hydrogens (tertiary/aromatic N) is 4. The number of nitrogens with two attached hydrogens (primary N) is 1. The van der Waals surface area contributed by atoms with E-state index in [4.69, 9.17) is 47.0 Å². The van der Waals surface area contributed by atoms with E-state index in [1.807, 2.05) is 13.8 Å². The van der Waals surface area contributed by atoms with E-state index in [1.165, 1.54) is 17.8 Å². The maximum atomic E-state index is 14.3. The molecular formula is C31H40ClN6O8P. The Morgan fingerprint density at radius 2 is 1.91 bits per heavy atom. The third kappa shape index (κ3) is 8.60. The molecule has 3 heterocycles. The SMILES string of the molecule is C#C[C@]1(COP(=O)(N[C@@H](C)C(=O)OCC(CC)CC)Oc2ccccc2)O[C@@H](n2cnc3c(N)nc(Cl)nc32)C[C@@H]1OC(=O)C(C)C. The fourth-order valence-electron chi connectivity index (χ4n) is 4.78. The van der Waals surface area contributed by atoms with Gasteiger partial charge in [0.1, 0.15) is 36.2 Å². The van der Waals surface area contributed by atoms with E-state index in [0.29, 0.717) is 0 Å². The lowest BCUT2D eigenvalue weighted by atomic mass is 9.98. The van der Waals surface area contributed by atoms with Crippen LogP contribution in [0.2, 0.25) is 5.28 Å². The molecule has 0 saturated carbocycles. The van der Waals surface area contributed by atoms with Gasteiger partial charge in [0.05, 0.1) is 18.9 Å². The van der Waals surface area contributed by atoms with Crippen molar-refractivity contribution >= 4 is 48.3 Å². The summed E-state index contributed by atoms with van der Waals surface area (Å²) < 4.78 is 45.2. The van der Waals surface area contributed by atoms with E-state index in [9.17, 15) is 14.2 Å². The molecule has 254 valence electrons. The van der Waals surface area contributed by atoms with Gasteiger partial charge in [-0.2, -0.15) is 15.1 Å². The van der Waals surface area contributed by atoms with Crippen LogP contribution in [0.15, 0.2) is 36.7 Å². The minimum absolute atomic E-state index is 0.0367. The molecule has 0 amide bonds. The summed E-state index contributed by atoms with van der Waals surface area (Å²) in [5, 5.41) is 2.55. The molecule has 1 saturated heterocycles. The number of halogens is 1. The molecule has 0 spiro atoms. The number of hydrogen-bond acceptors (Lipinski definition) is 12. The number of carbonyl (C=O) groups is 2. The molecule has 3 N–H and O–H groups in total. The molecule has 0 radical (unpaired) electrons. The molecule has 4 rings (SSSR count). The average molecular weight is 691 g/mol. The van der Waals surface area contributed by atoms with Crippen LogP contribution < -0.4 is 15.3 Å². The summed E-state index contributed by atoms with van der Waals surface area (Å²) in [6, 6.07) is 7.16. The highest BCUT2D eigenvalue weighted by Crippen LogP contribution is 2.48. The lowest BCUT2D eigenvalue weighted by molar-refractivity contribution is -0.161. The van der Waals surface area contributed by atoms with Crippen molar-refractivity contribution < 1.29 is 37.4 Å². The van der Waals surface area contributed by atoms with Crippen LogP contribution in [0.5, 0.6) is 5.75 Å². The van der Waals surface area contributed by atoms with Crippen molar-refractivity contribution in [3.05, 3.63) is 41.9 Å². The minimum atomic E-state index is -4.37. The molecule has 1 aromatic carbocycles. The van der Waals surface area contributed by atoms with Crippen LogP contribution in [0, 0.1) is 24.2 Å². The molecule has 16 heteroatoms. The van der Waals surface area contributed by atoms with Crippen molar-refractivity contribution in [2.45, 2.75) is 77.9 Å². The Bertz CT molecular complexity index is 1650. The third-order valence-electron chi connectivity index (χ3n) is 7.73. The van der Waals surface area contributed by atoms with Gasteiger partial charge >= 0.3 is 19.7 Å². The Balaban J connectivity index is 1.63. The maximum absolute atomic E-state index is 14.3. The molecule has 0 bridgehead atoms. The van der Waals surface area contributed by atoms with Gasteiger partial charge in [0.15, 0.2) is 17.1 Å². The zero-order valence-corrected chi connectivity index (χ0v) is 28.6. The van der Waals surface area contributed by atoms with Crippen LogP contribution in [0.25, 0.3) is 11.2 Å². The first-order valence-electron chi connectivity index (χ1n) is 15.3. The minimum Gasteiger partial charge on any atom is -0.464 e. The zero-order chi connectivity index (χ0) is 34.4. The predicted molar refractivity (Wildman–Crippen MR) is 174 cm³/mol. The number of benzene rings is 1. The normalized spacial score (nSPS) is 21.3. The van der Waals surface area contributed by atoms with Crippen molar-refractivity contribution in [3.8, 4) is 18.1 Å². The van der Waals surface area contributed by atoms with Crippen LogP contribution in [-0.2, 0) is 32.9 Å². The molecule has 47 heavy (non-hydrogen) atoms. The van der Waals surface area contributed by atoms with Gasteiger partial charge in [0.2, 0.25) is 5.28 Å². The average Bonchev–Trinajstić information content (AvgIpc) is 3.62. The van der Waals surface area contributed by atoms with Gasteiger partial charge in [-0.15, -0.1) is 6.42 Å². The number of nitrogens with one attached hydrogen (secondary N) is 1. The number of anilines is 1. The number of ether oxygens (including phenoxy) is 3. The molecular weight excluding hydrogens is 651 g/mol. The standard InChI is InChI=1S/C31H40ClN6O8P/c1-7-21(8-2)16-42-29(40)20(6)37-47(41,46-22-13-11-10-12-14-22)43-17-31(9-3)23(44-28(39)19(4)5)15-24(45-31)38-18-34-25-26(33)35-30(32)36-27(25)38/h3,10-14,18-21,23-24H,7-8,15-17H2,1-2,4-6H3,(H,37,41)(H2,33,35,36)/t20-,23-,24+,31+,47?/m0/s1. The quantitative estimate of drug-likeness (QED) is 0.0934. The van der Waals surface area contributed by atoms with Crippen LogP contribution in [0.3, 0.4) is 0 Å². The smallest absolute Gasteiger partial charge is 0.459 e. The number of carbonyl (C=O) groups excluding carboxylic acids is 2. The van der Waals surface area contributed by atoms with E-state index in [2.05, 4.69) is 26.0 Å². The van der Waals surface area contributed by atoms with Crippen LogP contribution in [0.1, 0.15) is 60.1 Å². The number of terminal acetylenes is 1. The summed E-state index contributed by atoms with van der Waals surface area (Å²) in [4.78, 5) is 38.1. The number of hydrogen-bond donors (Lipinski definition) is 2. The van der Waals surface area contributed by atoms with Crippen molar-refractivity contribution in [2.75, 3.05) is 18.9 Å². The third-order valence-corrected chi connectivity index (χ3v) is 9.52. The fourth-order valence-corrected chi connectivity index (χ4v) is 6.47. The van der Waals surface area contributed by atoms with Crippen LogP contribution >= 0.6 is 19.3 Å². The van der Waals surface area contributed by atoms with Gasteiger partial charge in [-0.1, -0.05) is 64.7 Å². The van der Waals surface area contributed by atoms with Gasteiger partial charge in [0, 0.05) is 6.42 Å². The maximum Gasteiger partial charge on any atom is 0.459 e. The Labute approximate surface area is 278 Å².